The van der Waals surface area contributed by atoms with Gasteiger partial charge in [-0.25, -0.2) is 4.98 Å². The lowest BCUT2D eigenvalue weighted by molar-refractivity contribution is 0.396. The molecule has 0 aliphatic carbocycles. The lowest BCUT2D eigenvalue weighted by Gasteiger charge is -2.22. The molecule has 0 bridgehead atoms. The predicted octanol–water partition coefficient (Wildman–Crippen LogP) is 0.700. The van der Waals surface area contributed by atoms with E-state index in [0.29, 0.717) is 0 Å². The summed E-state index contributed by atoms with van der Waals surface area (Å²) in [5.41, 5.74) is 3.79. The van der Waals surface area contributed by atoms with Gasteiger partial charge in [-0.3, -0.25) is 5.43 Å². The van der Waals surface area contributed by atoms with E-state index < -0.39 is 0 Å². The van der Waals surface area contributed by atoms with E-state index in [-0.39, 0.29) is 12.0 Å². The number of hydrogen-bond donors (Lipinski definition) is 2. The number of aromatic nitrogens is 1. The van der Waals surface area contributed by atoms with E-state index in [0.717, 1.165) is 17.9 Å². The Morgan fingerprint density at radius 1 is 1.62 bits per heavy atom. The Bertz CT molecular complexity index is 417. The summed E-state index contributed by atoms with van der Waals surface area (Å²) in [7, 11) is 0. The van der Waals surface area contributed by atoms with Crippen LogP contribution >= 0.6 is 12.2 Å². The molecule has 2 N–H and O–H groups in total. The molecular weight excluding hydrogens is 224 g/mol. The smallest absolute Gasteiger partial charge is 0.210 e. The van der Waals surface area contributed by atoms with Crippen molar-refractivity contribution < 1.29 is 5.11 Å². The molecule has 6 heteroatoms. The molecule has 0 saturated carbocycles. The molecule has 0 radical (unpaired) electrons. The van der Waals surface area contributed by atoms with Crippen LogP contribution in [0, 0.1) is 0 Å². The van der Waals surface area contributed by atoms with Crippen molar-refractivity contribution in [1.29, 1.82) is 0 Å². The quantitative estimate of drug-likeness (QED) is 0.756. The molecule has 0 spiro atoms. The number of aromatic hydroxyl groups is 1. The number of amidine groups is 1. The van der Waals surface area contributed by atoms with Crippen molar-refractivity contribution in [2.75, 3.05) is 6.54 Å². The van der Waals surface area contributed by atoms with Gasteiger partial charge in [0.2, 0.25) is 5.88 Å². The first-order valence-corrected chi connectivity index (χ1v) is 5.44. The summed E-state index contributed by atoms with van der Waals surface area (Å²) >= 11 is 4.92. The molecule has 0 aromatic carbocycles. The van der Waals surface area contributed by atoms with Crippen LogP contribution in [-0.4, -0.2) is 38.9 Å². The van der Waals surface area contributed by atoms with E-state index in [9.17, 15) is 0 Å². The maximum atomic E-state index is 9.12. The minimum Gasteiger partial charge on any atom is -0.493 e. The zero-order chi connectivity index (χ0) is 11.5. The van der Waals surface area contributed by atoms with Gasteiger partial charge in [-0.1, -0.05) is 12.2 Å². The molecule has 5 nitrogen and oxygen atoms in total. The lowest BCUT2D eigenvalue weighted by atomic mass is 10.2. The molecule has 1 aliphatic rings. The van der Waals surface area contributed by atoms with Crippen LogP contribution in [0.2, 0.25) is 0 Å². The van der Waals surface area contributed by atoms with Crippen molar-refractivity contribution in [3.05, 3.63) is 23.9 Å². The minimum atomic E-state index is -0.0520. The second kappa shape index (κ2) is 4.44. The molecule has 84 valence electrons. The number of hydrazone groups is 1. The van der Waals surface area contributed by atoms with Crippen molar-refractivity contribution >= 4 is 23.4 Å². The third-order valence-electron chi connectivity index (χ3n) is 2.39. The van der Waals surface area contributed by atoms with Crippen LogP contribution in [0.1, 0.15) is 12.5 Å². The van der Waals surface area contributed by atoms with E-state index in [4.69, 9.17) is 17.3 Å². The Labute approximate surface area is 98.8 Å². The molecule has 1 aromatic rings. The van der Waals surface area contributed by atoms with E-state index in [2.05, 4.69) is 15.5 Å². The molecule has 1 unspecified atom stereocenters. The zero-order valence-corrected chi connectivity index (χ0v) is 9.61. The molecule has 1 aliphatic heterocycles. The summed E-state index contributed by atoms with van der Waals surface area (Å²) in [5, 5.41) is 15.0. The first kappa shape index (κ1) is 10.8. The Morgan fingerprint density at radius 3 is 3.00 bits per heavy atom. The van der Waals surface area contributed by atoms with Gasteiger partial charge in [-0.2, -0.15) is 5.10 Å². The topological polar surface area (TPSA) is 60.8 Å². The van der Waals surface area contributed by atoms with Crippen LogP contribution in [-0.2, 0) is 0 Å². The maximum Gasteiger partial charge on any atom is 0.210 e. The molecule has 2 heterocycles. The predicted molar refractivity (Wildman–Crippen MR) is 65.4 cm³/mol. The summed E-state index contributed by atoms with van der Waals surface area (Å²) in [6, 6.07) is 3.31. The van der Waals surface area contributed by atoms with Crippen LogP contribution < -0.4 is 5.43 Å². The first-order chi connectivity index (χ1) is 7.76. The van der Waals surface area contributed by atoms with Gasteiger partial charge in [0.05, 0.1) is 0 Å². The molecule has 0 amide bonds. The van der Waals surface area contributed by atoms with Crippen molar-refractivity contribution in [2.45, 2.75) is 13.1 Å². The summed E-state index contributed by atoms with van der Waals surface area (Å²) < 4.78 is 0. The fraction of sp³-hybridized carbons (Fsp3) is 0.300. The average Bonchev–Trinajstić information content (AvgIpc) is 2.72. The third kappa shape index (κ3) is 1.83. The highest BCUT2D eigenvalue weighted by Gasteiger charge is 2.25. The zero-order valence-electron chi connectivity index (χ0n) is 8.79. The van der Waals surface area contributed by atoms with Crippen molar-refractivity contribution in [3.8, 4) is 5.88 Å². The standard InChI is InChI=1S/C10H12N4OS/c1-2-14-8(6-16)12-13-10(14)7-3-4-9(15)11-5-7/h3-6,8,12H,2H2,1H3,(H,11,15). The van der Waals surface area contributed by atoms with Gasteiger partial charge in [0.1, 0.15) is 6.17 Å². The van der Waals surface area contributed by atoms with Crippen molar-refractivity contribution in [1.82, 2.24) is 15.3 Å². The van der Waals surface area contributed by atoms with Crippen LogP contribution in [0.25, 0.3) is 0 Å². The number of nitrogens with one attached hydrogen (secondary N) is 1. The highest BCUT2D eigenvalue weighted by atomic mass is 32.1. The van der Waals surface area contributed by atoms with E-state index >= 15 is 0 Å². The third-order valence-corrected chi connectivity index (χ3v) is 2.64. The molecular formula is C10H12N4OS. The van der Waals surface area contributed by atoms with E-state index in [1.54, 1.807) is 17.6 Å². The fourth-order valence-corrected chi connectivity index (χ4v) is 1.80. The second-order valence-corrected chi connectivity index (χ2v) is 3.61. The average molecular weight is 236 g/mol. The van der Waals surface area contributed by atoms with Crippen LogP contribution in [0.3, 0.4) is 0 Å². The van der Waals surface area contributed by atoms with Gasteiger partial charge >= 0.3 is 0 Å². The highest BCUT2D eigenvalue weighted by molar-refractivity contribution is 7.79. The Kier molecular flexibility index (Phi) is 3.00. The normalized spacial score (nSPS) is 19.2. The Morgan fingerprint density at radius 2 is 2.44 bits per heavy atom. The molecule has 0 saturated heterocycles. The number of nitrogens with zero attached hydrogens (tertiary/aromatic N) is 3. The Hall–Kier alpha value is -1.69. The summed E-state index contributed by atoms with van der Waals surface area (Å²) in [5.74, 6) is 0.797. The SMILES string of the molecule is CCN1C(c2ccc(O)nc2)=NNC1C=S. The first-order valence-electron chi connectivity index (χ1n) is 4.96. The van der Waals surface area contributed by atoms with E-state index in [1.807, 2.05) is 11.8 Å². The van der Waals surface area contributed by atoms with Crippen LogP contribution in [0.15, 0.2) is 23.4 Å². The molecule has 16 heavy (non-hydrogen) atoms. The maximum absolute atomic E-state index is 9.12. The number of pyridine rings is 1. The fourth-order valence-electron chi connectivity index (χ4n) is 1.59. The van der Waals surface area contributed by atoms with Gasteiger partial charge in [0, 0.05) is 29.7 Å². The number of hydrogen-bond acceptors (Lipinski definition) is 6. The molecule has 0 fully saturated rings. The van der Waals surface area contributed by atoms with Crippen LogP contribution in [0.4, 0.5) is 0 Å². The highest BCUT2D eigenvalue weighted by Crippen LogP contribution is 2.13. The summed E-state index contributed by atoms with van der Waals surface area (Å²) in [6.07, 6.45) is 1.54. The van der Waals surface area contributed by atoms with Gasteiger partial charge in [-0.15, -0.1) is 0 Å². The van der Waals surface area contributed by atoms with Crippen molar-refractivity contribution in [2.24, 2.45) is 5.10 Å². The Balaban J connectivity index is 2.27. The minimum absolute atomic E-state index is 0.00439. The summed E-state index contributed by atoms with van der Waals surface area (Å²) in [4.78, 5) is 5.86. The largest absolute Gasteiger partial charge is 0.493 e. The van der Waals surface area contributed by atoms with Gasteiger partial charge in [0.15, 0.2) is 5.84 Å². The second-order valence-electron chi connectivity index (χ2n) is 3.34. The van der Waals surface area contributed by atoms with E-state index in [1.165, 1.54) is 6.07 Å². The number of rotatable bonds is 3. The van der Waals surface area contributed by atoms with Crippen LogP contribution in [0.5, 0.6) is 5.88 Å². The molecule has 2 rings (SSSR count). The number of thiocarbonyl (C=S) groups is 1. The molecule has 1 atom stereocenters. The van der Waals surface area contributed by atoms with Gasteiger partial charge < -0.3 is 10.0 Å². The van der Waals surface area contributed by atoms with Gasteiger partial charge in [-0.05, 0) is 13.0 Å². The molecule has 1 aromatic heterocycles. The van der Waals surface area contributed by atoms with Crippen molar-refractivity contribution in [3.63, 3.8) is 0 Å². The van der Waals surface area contributed by atoms with Gasteiger partial charge in [0.25, 0.3) is 0 Å². The lowest BCUT2D eigenvalue weighted by Crippen LogP contribution is -2.40. The summed E-state index contributed by atoms with van der Waals surface area (Å²) in [6.45, 7) is 2.83. The monoisotopic (exact) mass is 236 g/mol.